The first-order chi connectivity index (χ1) is 21.9. The fourth-order valence-electron chi connectivity index (χ4n) is 4.97. The van der Waals surface area contributed by atoms with Crippen molar-refractivity contribution in [2.45, 2.75) is 122 Å². The maximum Gasteiger partial charge on any atom is 0.314 e. The van der Waals surface area contributed by atoms with Crippen molar-refractivity contribution in [2.24, 2.45) is 0 Å². The summed E-state index contributed by atoms with van der Waals surface area (Å²) in [6.07, 6.45) is -13.4. The largest absolute Gasteiger partial charge is 0.463 e. The van der Waals surface area contributed by atoms with E-state index >= 15 is 0 Å². The number of esters is 7. The minimum atomic E-state index is -1.53. The molecule has 0 spiro atoms. The Kier molecular flexibility index (Phi) is 14.9. The van der Waals surface area contributed by atoms with E-state index in [2.05, 4.69) is 0 Å². The maximum absolute atomic E-state index is 12.3. The van der Waals surface area contributed by atoms with Gasteiger partial charge < -0.3 is 46.8 Å². The van der Waals surface area contributed by atoms with Gasteiger partial charge in [-0.15, -0.1) is 0 Å². The lowest BCUT2D eigenvalue weighted by atomic mass is 9.88. The summed E-state index contributed by atoms with van der Waals surface area (Å²) in [6.45, 7) is 8.03. The molecule has 19 heteroatoms. The van der Waals surface area contributed by atoms with E-state index < -0.39 is 121 Å². The number of ether oxygens (including phenoxy) is 9. The average molecular weight is 695 g/mol. The van der Waals surface area contributed by atoms with Crippen LogP contribution in [0.3, 0.4) is 0 Å². The summed E-state index contributed by atoms with van der Waals surface area (Å²) in [5.74, 6) is -6.62. The highest BCUT2D eigenvalue weighted by atomic mass is 32.2. The smallest absolute Gasteiger partial charge is 0.314 e. The van der Waals surface area contributed by atoms with E-state index in [0.29, 0.717) is 12.0 Å². The zero-order valence-electron chi connectivity index (χ0n) is 26.9. The minimum absolute atomic E-state index is 0.404. The van der Waals surface area contributed by atoms with Gasteiger partial charge in [-0.1, -0.05) is 0 Å². The van der Waals surface area contributed by atoms with Crippen LogP contribution in [0.25, 0.3) is 0 Å². The van der Waals surface area contributed by atoms with Gasteiger partial charge in [0.25, 0.3) is 0 Å². The highest BCUT2D eigenvalue weighted by Gasteiger charge is 2.57. The van der Waals surface area contributed by atoms with Gasteiger partial charge in [-0.25, -0.2) is 0 Å². The molecular weight excluding hydrogens is 656 g/mol. The van der Waals surface area contributed by atoms with Crippen LogP contribution < -0.4 is 0 Å². The molecule has 47 heavy (non-hydrogen) atoms. The second-order valence-corrected chi connectivity index (χ2v) is 11.2. The molecule has 0 bridgehead atoms. The molecule has 0 amide bonds. The third-order valence-corrected chi connectivity index (χ3v) is 7.21. The van der Waals surface area contributed by atoms with Crippen LogP contribution in [0, 0.1) is 0 Å². The second-order valence-electron chi connectivity index (χ2n) is 10.4. The molecule has 0 radical (unpaired) electrons. The summed E-state index contributed by atoms with van der Waals surface area (Å²) >= 11 is 0.421. The summed E-state index contributed by atoms with van der Waals surface area (Å²) in [4.78, 5) is 96.4. The number of hydrogen-bond donors (Lipinski definition) is 0. The number of rotatable bonds is 12. The van der Waals surface area contributed by atoms with Crippen molar-refractivity contribution < 1.29 is 85.2 Å². The zero-order valence-corrected chi connectivity index (χ0v) is 27.8. The molecule has 0 aliphatic carbocycles. The van der Waals surface area contributed by atoms with Crippen molar-refractivity contribution in [1.29, 1.82) is 0 Å². The van der Waals surface area contributed by atoms with Gasteiger partial charge in [0, 0.05) is 61.8 Å². The van der Waals surface area contributed by atoms with E-state index in [0.717, 1.165) is 55.4 Å². The molecule has 0 unspecified atom stereocenters. The summed E-state index contributed by atoms with van der Waals surface area (Å²) in [7, 11) is 0. The lowest BCUT2D eigenvalue weighted by Gasteiger charge is -2.48. The topological polar surface area (TPSA) is 229 Å². The molecule has 2 rings (SSSR count). The Bertz CT molecular complexity index is 1110. The number of carbonyl (C=O) groups excluding carboxylic acids is 8. The molecule has 2 aliphatic rings. The van der Waals surface area contributed by atoms with E-state index in [9.17, 15) is 38.4 Å². The molecule has 2 aliphatic heterocycles. The molecule has 10 atom stereocenters. The molecule has 0 aromatic heterocycles. The maximum atomic E-state index is 12.3. The summed E-state index contributed by atoms with van der Waals surface area (Å²) in [5, 5.41) is 0. The van der Waals surface area contributed by atoms with Crippen molar-refractivity contribution in [1.82, 2.24) is 0 Å². The predicted octanol–water partition coefficient (Wildman–Crippen LogP) is 0.233. The lowest BCUT2D eigenvalue weighted by Crippen LogP contribution is -2.65. The van der Waals surface area contributed by atoms with Crippen LogP contribution in [0.2, 0.25) is 0 Å². The quantitative estimate of drug-likeness (QED) is 0.151. The SMILES string of the molecule is CC(=O)OC[C@H]1O[C@@H](C[C@H]2O[C@H](SOC(C)=O)[C@H](OC(C)=O)[C@@H](OC(C)=O)[C@@H]2OC(C)=O)[C@H](OC(C)=O)[C@@H](OC(C)=O)[C@@H]1OC(C)=O. The summed E-state index contributed by atoms with van der Waals surface area (Å²) in [6, 6.07) is 0. The highest BCUT2D eigenvalue weighted by Crippen LogP contribution is 2.39. The van der Waals surface area contributed by atoms with Crippen molar-refractivity contribution >= 4 is 59.8 Å². The Morgan fingerprint density at radius 2 is 0.809 bits per heavy atom. The molecule has 0 N–H and O–H groups in total. The molecule has 18 nitrogen and oxygen atoms in total. The molecule has 2 heterocycles. The summed E-state index contributed by atoms with van der Waals surface area (Å²) < 4.78 is 55.0. The first-order valence-electron chi connectivity index (χ1n) is 14.2. The van der Waals surface area contributed by atoms with Gasteiger partial charge in [0.15, 0.2) is 42.1 Å². The van der Waals surface area contributed by atoms with E-state index in [-0.39, 0.29) is 0 Å². The Labute approximate surface area is 273 Å². The van der Waals surface area contributed by atoms with Gasteiger partial charge in [-0.3, -0.25) is 38.4 Å². The molecule has 2 fully saturated rings. The summed E-state index contributed by atoms with van der Waals surface area (Å²) in [5.41, 5.74) is -1.38. The predicted molar refractivity (Wildman–Crippen MR) is 151 cm³/mol. The van der Waals surface area contributed by atoms with Crippen LogP contribution in [-0.4, -0.2) is 115 Å². The van der Waals surface area contributed by atoms with Gasteiger partial charge in [-0.05, 0) is 0 Å². The molecule has 2 saturated heterocycles. The van der Waals surface area contributed by atoms with Crippen LogP contribution in [0.1, 0.15) is 61.8 Å². The van der Waals surface area contributed by atoms with Crippen molar-refractivity contribution in [3.8, 4) is 0 Å². The molecule has 264 valence electrons. The van der Waals surface area contributed by atoms with Gasteiger partial charge in [0.05, 0.1) is 12.0 Å². The van der Waals surface area contributed by atoms with Gasteiger partial charge in [0.1, 0.15) is 24.9 Å². The van der Waals surface area contributed by atoms with Crippen LogP contribution >= 0.6 is 12.0 Å². The zero-order chi connectivity index (χ0) is 35.6. The van der Waals surface area contributed by atoms with E-state index in [1.165, 1.54) is 0 Å². The fourth-order valence-corrected chi connectivity index (χ4v) is 5.71. The number of carbonyl (C=O) groups is 8. The Morgan fingerprint density at radius 1 is 0.447 bits per heavy atom. The first-order valence-corrected chi connectivity index (χ1v) is 15.0. The second kappa shape index (κ2) is 17.8. The Morgan fingerprint density at radius 3 is 1.21 bits per heavy atom. The van der Waals surface area contributed by atoms with Crippen molar-refractivity contribution in [3.05, 3.63) is 0 Å². The normalized spacial score (nSPS) is 30.0. The third kappa shape index (κ3) is 12.3. The van der Waals surface area contributed by atoms with E-state index in [1.807, 2.05) is 0 Å². The Hall–Kier alpha value is -3.97. The fraction of sp³-hybridized carbons (Fsp3) is 0.714. The lowest BCUT2D eigenvalue weighted by molar-refractivity contribution is -0.268. The standard InChI is InChI=1S/C28H38O18S/c1-11(29)37-10-21-24(40-14(4)32)25(41-15(5)33)22(38-12(2)30)19(44-21)9-20-23(39-13(3)31)26(42-16(6)34)27(43-17(7)35)28(45-20)47-46-18(8)36/h19-28H,9-10H2,1-8H3/t19-,20+,21+,22-,23+,24+,25+,26-,27+,28+/m0/s1. The van der Waals surface area contributed by atoms with Crippen molar-refractivity contribution in [3.63, 3.8) is 0 Å². The molecule has 0 aromatic carbocycles. The van der Waals surface area contributed by atoms with Crippen LogP contribution in [-0.2, 0) is 85.2 Å². The van der Waals surface area contributed by atoms with Crippen LogP contribution in [0.4, 0.5) is 0 Å². The van der Waals surface area contributed by atoms with Gasteiger partial charge in [0.2, 0.25) is 0 Å². The van der Waals surface area contributed by atoms with Gasteiger partial charge in [-0.2, -0.15) is 0 Å². The van der Waals surface area contributed by atoms with Crippen LogP contribution in [0.5, 0.6) is 0 Å². The molecular formula is C28H38O18S. The van der Waals surface area contributed by atoms with Gasteiger partial charge >= 0.3 is 47.8 Å². The monoisotopic (exact) mass is 694 g/mol. The third-order valence-electron chi connectivity index (χ3n) is 6.31. The average Bonchev–Trinajstić information content (AvgIpc) is 2.91. The van der Waals surface area contributed by atoms with E-state index in [4.69, 9.17) is 46.8 Å². The Balaban J connectivity index is 2.69. The highest BCUT2D eigenvalue weighted by molar-refractivity contribution is 7.95. The van der Waals surface area contributed by atoms with E-state index in [1.54, 1.807) is 0 Å². The molecule has 0 saturated carbocycles. The minimum Gasteiger partial charge on any atom is -0.463 e. The molecule has 0 aromatic rings. The first kappa shape index (κ1) is 39.2. The number of hydrogen-bond acceptors (Lipinski definition) is 19. The van der Waals surface area contributed by atoms with Crippen molar-refractivity contribution in [2.75, 3.05) is 6.61 Å². The van der Waals surface area contributed by atoms with Crippen LogP contribution in [0.15, 0.2) is 0 Å².